The summed E-state index contributed by atoms with van der Waals surface area (Å²) in [6, 6.07) is -0.113. The molecule has 0 saturated carbocycles. The Balaban J connectivity index is 0.00000225. The quantitative estimate of drug-likeness (QED) is 0.607. The summed E-state index contributed by atoms with van der Waals surface area (Å²) in [4.78, 5) is 28.9. The molecule has 10 nitrogen and oxygen atoms in total. The standard InChI is InChI=1S/C14H19N7O3.ClH/c1-18-6-4-16-14(18)12-9-15-3-7-20(12)13(22)2-5-19-10-11(8-17-19)21(23)24;/h4,6,8,10,12,15H,2-3,5,7,9H2,1H3;1H. The lowest BCUT2D eigenvalue weighted by molar-refractivity contribution is -0.385. The third-order valence-electron chi connectivity index (χ3n) is 4.11. The molecule has 0 bridgehead atoms. The molecule has 0 spiro atoms. The molecule has 136 valence electrons. The molecule has 2 aromatic rings. The van der Waals surface area contributed by atoms with E-state index in [-0.39, 0.29) is 36.5 Å². The van der Waals surface area contributed by atoms with Crippen LogP contribution in [0.1, 0.15) is 18.3 Å². The maximum Gasteiger partial charge on any atom is 0.306 e. The molecule has 1 atom stereocenters. The number of imidazole rings is 1. The SMILES string of the molecule is Cl.Cn1ccnc1C1CNCCN1C(=O)CCn1cc([N+](=O)[O-])cn1. The Morgan fingerprint density at radius 3 is 2.96 bits per heavy atom. The number of halogens is 1. The van der Waals surface area contributed by atoms with E-state index in [1.54, 1.807) is 6.20 Å². The minimum Gasteiger partial charge on any atom is -0.336 e. The van der Waals surface area contributed by atoms with Gasteiger partial charge >= 0.3 is 5.69 Å². The number of nitro groups is 1. The van der Waals surface area contributed by atoms with Crippen LogP contribution in [-0.4, -0.2) is 54.7 Å². The van der Waals surface area contributed by atoms with Crippen molar-refractivity contribution < 1.29 is 9.72 Å². The highest BCUT2D eigenvalue weighted by molar-refractivity contribution is 5.85. The lowest BCUT2D eigenvalue weighted by Crippen LogP contribution is -2.49. The zero-order chi connectivity index (χ0) is 17.1. The third-order valence-corrected chi connectivity index (χ3v) is 4.11. The van der Waals surface area contributed by atoms with Crippen molar-refractivity contribution in [1.82, 2.24) is 29.5 Å². The first-order chi connectivity index (χ1) is 11.6. The van der Waals surface area contributed by atoms with Gasteiger partial charge in [0.2, 0.25) is 5.91 Å². The molecule has 0 aromatic carbocycles. The molecular weight excluding hydrogens is 350 g/mol. The van der Waals surface area contributed by atoms with Gasteiger partial charge in [0, 0.05) is 52.0 Å². The van der Waals surface area contributed by atoms with Gasteiger partial charge in [-0.25, -0.2) is 4.98 Å². The number of aromatic nitrogens is 4. The molecule has 1 unspecified atom stereocenters. The average molecular weight is 370 g/mol. The van der Waals surface area contributed by atoms with Crippen LogP contribution in [0, 0.1) is 10.1 Å². The van der Waals surface area contributed by atoms with Crippen LogP contribution in [0.5, 0.6) is 0 Å². The van der Waals surface area contributed by atoms with Crippen molar-refractivity contribution in [2.75, 3.05) is 19.6 Å². The van der Waals surface area contributed by atoms with Crippen LogP contribution in [-0.2, 0) is 18.4 Å². The number of amides is 1. The molecule has 3 heterocycles. The first-order valence-electron chi connectivity index (χ1n) is 7.70. The zero-order valence-corrected chi connectivity index (χ0v) is 14.6. The number of piperazine rings is 1. The molecule has 1 fully saturated rings. The van der Waals surface area contributed by atoms with E-state index < -0.39 is 4.92 Å². The summed E-state index contributed by atoms with van der Waals surface area (Å²) in [5, 5.41) is 17.9. The van der Waals surface area contributed by atoms with Crippen LogP contribution < -0.4 is 5.32 Å². The fraction of sp³-hybridized carbons (Fsp3) is 0.500. The third kappa shape index (κ3) is 4.15. The van der Waals surface area contributed by atoms with Crippen LogP contribution >= 0.6 is 12.4 Å². The van der Waals surface area contributed by atoms with Crippen molar-refractivity contribution in [3.63, 3.8) is 0 Å². The average Bonchev–Trinajstić information content (AvgIpc) is 3.21. The topological polar surface area (TPSA) is 111 Å². The minimum absolute atomic E-state index is 0. The molecule has 25 heavy (non-hydrogen) atoms. The number of carbonyl (C=O) groups is 1. The predicted octanol–water partition coefficient (Wildman–Crippen LogP) is 0.510. The minimum atomic E-state index is -0.501. The monoisotopic (exact) mass is 369 g/mol. The molecule has 1 N–H and O–H groups in total. The summed E-state index contributed by atoms with van der Waals surface area (Å²) < 4.78 is 3.34. The number of nitrogens with one attached hydrogen (secondary N) is 1. The van der Waals surface area contributed by atoms with Gasteiger partial charge in [0.1, 0.15) is 24.3 Å². The van der Waals surface area contributed by atoms with Crippen molar-refractivity contribution in [3.05, 3.63) is 40.7 Å². The van der Waals surface area contributed by atoms with Crippen molar-refractivity contribution in [2.45, 2.75) is 19.0 Å². The molecule has 0 radical (unpaired) electrons. The van der Waals surface area contributed by atoms with Gasteiger partial charge in [-0.3, -0.25) is 19.6 Å². The van der Waals surface area contributed by atoms with E-state index >= 15 is 0 Å². The molecule has 1 amide bonds. The molecule has 3 rings (SSSR count). The molecule has 0 aliphatic carbocycles. The number of hydrogen-bond donors (Lipinski definition) is 1. The fourth-order valence-corrected chi connectivity index (χ4v) is 2.85. The van der Waals surface area contributed by atoms with Crippen LogP contribution in [0.4, 0.5) is 5.69 Å². The summed E-state index contributed by atoms with van der Waals surface area (Å²) in [6.07, 6.45) is 6.33. The van der Waals surface area contributed by atoms with E-state index in [4.69, 9.17) is 0 Å². The number of nitrogens with zero attached hydrogens (tertiary/aromatic N) is 6. The summed E-state index contributed by atoms with van der Waals surface area (Å²) in [5.74, 6) is 0.827. The van der Waals surface area contributed by atoms with E-state index in [0.29, 0.717) is 19.6 Å². The van der Waals surface area contributed by atoms with Crippen molar-refractivity contribution in [2.24, 2.45) is 7.05 Å². The lowest BCUT2D eigenvalue weighted by Gasteiger charge is -2.35. The van der Waals surface area contributed by atoms with Gasteiger partial charge in [0.05, 0.1) is 4.92 Å². The van der Waals surface area contributed by atoms with Gasteiger partial charge in [-0.05, 0) is 0 Å². The van der Waals surface area contributed by atoms with E-state index in [1.165, 1.54) is 17.1 Å². The van der Waals surface area contributed by atoms with Crippen molar-refractivity contribution in [1.29, 1.82) is 0 Å². The first-order valence-corrected chi connectivity index (χ1v) is 7.70. The number of aryl methyl sites for hydroxylation is 2. The van der Waals surface area contributed by atoms with Crippen molar-refractivity contribution >= 4 is 24.0 Å². The fourth-order valence-electron chi connectivity index (χ4n) is 2.85. The summed E-state index contributed by atoms with van der Waals surface area (Å²) >= 11 is 0. The maximum absolute atomic E-state index is 12.6. The van der Waals surface area contributed by atoms with E-state index in [1.807, 2.05) is 22.7 Å². The molecule has 1 aliphatic rings. The second-order valence-electron chi connectivity index (χ2n) is 5.67. The van der Waals surface area contributed by atoms with Crippen LogP contribution in [0.15, 0.2) is 24.8 Å². The highest BCUT2D eigenvalue weighted by atomic mass is 35.5. The van der Waals surface area contributed by atoms with Crippen LogP contribution in [0.3, 0.4) is 0 Å². The van der Waals surface area contributed by atoms with Crippen LogP contribution in [0.25, 0.3) is 0 Å². The largest absolute Gasteiger partial charge is 0.336 e. The smallest absolute Gasteiger partial charge is 0.306 e. The summed E-state index contributed by atoms with van der Waals surface area (Å²) in [7, 11) is 1.91. The van der Waals surface area contributed by atoms with Gasteiger partial charge < -0.3 is 14.8 Å². The van der Waals surface area contributed by atoms with Gasteiger partial charge in [-0.15, -0.1) is 12.4 Å². The highest BCUT2D eigenvalue weighted by Gasteiger charge is 2.30. The van der Waals surface area contributed by atoms with Gasteiger partial charge in [0.15, 0.2) is 0 Å². The molecular formula is C14H20ClN7O3. The lowest BCUT2D eigenvalue weighted by atomic mass is 10.1. The van der Waals surface area contributed by atoms with Gasteiger partial charge in [-0.1, -0.05) is 0 Å². The second kappa shape index (κ2) is 8.08. The maximum atomic E-state index is 12.6. The molecule has 2 aromatic heterocycles. The Morgan fingerprint density at radius 2 is 2.32 bits per heavy atom. The van der Waals surface area contributed by atoms with Crippen molar-refractivity contribution in [3.8, 4) is 0 Å². The Labute approximate surface area is 150 Å². The normalized spacial score (nSPS) is 17.2. The van der Waals surface area contributed by atoms with E-state index in [2.05, 4.69) is 15.4 Å². The Morgan fingerprint density at radius 1 is 1.52 bits per heavy atom. The Hall–Kier alpha value is -2.46. The molecule has 11 heteroatoms. The summed E-state index contributed by atoms with van der Waals surface area (Å²) in [5.41, 5.74) is -0.0736. The Kier molecular flexibility index (Phi) is 6.10. The van der Waals surface area contributed by atoms with E-state index in [0.717, 1.165) is 12.4 Å². The second-order valence-corrected chi connectivity index (χ2v) is 5.67. The molecule has 1 aliphatic heterocycles. The first kappa shape index (κ1) is 18.9. The number of hydrogen-bond acceptors (Lipinski definition) is 6. The van der Waals surface area contributed by atoms with E-state index in [9.17, 15) is 14.9 Å². The zero-order valence-electron chi connectivity index (χ0n) is 13.7. The Bertz CT molecular complexity index is 744. The summed E-state index contributed by atoms with van der Waals surface area (Å²) in [6.45, 7) is 2.31. The van der Waals surface area contributed by atoms with Gasteiger partial charge in [0.25, 0.3) is 0 Å². The predicted molar refractivity (Wildman–Crippen MR) is 91.3 cm³/mol. The highest BCUT2D eigenvalue weighted by Crippen LogP contribution is 2.21. The van der Waals surface area contributed by atoms with Gasteiger partial charge in [-0.2, -0.15) is 5.10 Å². The number of rotatable bonds is 5. The number of carbonyl (C=O) groups excluding carboxylic acids is 1. The van der Waals surface area contributed by atoms with Crippen LogP contribution in [0.2, 0.25) is 0 Å². The molecule has 1 saturated heterocycles.